The van der Waals surface area contributed by atoms with E-state index in [1.165, 1.54) is 6.92 Å². The van der Waals surface area contributed by atoms with Crippen molar-refractivity contribution in [2.75, 3.05) is 36.9 Å². The van der Waals surface area contributed by atoms with Crippen LogP contribution in [0.1, 0.15) is 38.1 Å². The minimum atomic E-state index is -3.20. The highest BCUT2D eigenvalue weighted by Gasteiger charge is 2.29. The first-order valence-electron chi connectivity index (χ1n) is 11.6. The topological polar surface area (TPSA) is 118 Å². The SMILES string of the molecule is CCc1cc(Nc2cc(NC(C)=O)ncc2-c2ccnc(CN3CCOCC3)n2)nc(C(C)(F)F)n1. The van der Waals surface area contributed by atoms with Gasteiger partial charge >= 0.3 is 5.92 Å². The van der Waals surface area contributed by atoms with Crippen LogP contribution in [0, 0.1) is 0 Å². The van der Waals surface area contributed by atoms with Gasteiger partial charge in [0.2, 0.25) is 11.7 Å². The Balaban J connectivity index is 1.71. The lowest BCUT2D eigenvalue weighted by atomic mass is 10.1. The monoisotopic (exact) mass is 498 g/mol. The van der Waals surface area contributed by atoms with E-state index in [1.807, 2.05) is 6.92 Å². The number of nitrogens with zero attached hydrogens (tertiary/aromatic N) is 6. The maximum Gasteiger partial charge on any atom is 0.303 e. The van der Waals surface area contributed by atoms with Crippen LogP contribution in [0.3, 0.4) is 0 Å². The van der Waals surface area contributed by atoms with Crippen LogP contribution in [0.5, 0.6) is 0 Å². The summed E-state index contributed by atoms with van der Waals surface area (Å²) in [5.74, 6) is -2.94. The molecule has 2 N–H and O–H groups in total. The van der Waals surface area contributed by atoms with E-state index in [0.29, 0.717) is 60.5 Å². The zero-order chi connectivity index (χ0) is 25.7. The van der Waals surface area contributed by atoms with E-state index >= 15 is 0 Å². The summed E-state index contributed by atoms with van der Waals surface area (Å²) in [6.45, 7) is 7.45. The molecule has 0 bridgehead atoms. The van der Waals surface area contributed by atoms with E-state index in [1.54, 1.807) is 30.6 Å². The zero-order valence-corrected chi connectivity index (χ0v) is 20.4. The predicted molar refractivity (Wildman–Crippen MR) is 130 cm³/mol. The summed E-state index contributed by atoms with van der Waals surface area (Å²) in [7, 11) is 0. The average Bonchev–Trinajstić information content (AvgIpc) is 2.84. The lowest BCUT2D eigenvalue weighted by molar-refractivity contribution is -0.114. The molecule has 4 heterocycles. The van der Waals surface area contributed by atoms with E-state index in [9.17, 15) is 13.6 Å². The van der Waals surface area contributed by atoms with Gasteiger partial charge in [-0.25, -0.2) is 24.9 Å². The fourth-order valence-electron chi connectivity index (χ4n) is 3.67. The number of aromatic nitrogens is 5. The number of nitrogens with one attached hydrogen (secondary N) is 2. The summed E-state index contributed by atoms with van der Waals surface area (Å²) >= 11 is 0. The molecule has 0 aromatic carbocycles. The molecular weight excluding hydrogens is 470 g/mol. The summed E-state index contributed by atoms with van der Waals surface area (Å²) in [5.41, 5.74) is 2.13. The maximum atomic E-state index is 14.0. The molecular formula is C24H28F2N8O2. The fourth-order valence-corrected chi connectivity index (χ4v) is 3.67. The van der Waals surface area contributed by atoms with Crippen molar-refractivity contribution >= 4 is 23.2 Å². The highest BCUT2D eigenvalue weighted by molar-refractivity contribution is 5.89. The third kappa shape index (κ3) is 6.52. The Morgan fingerprint density at radius 1 is 1.14 bits per heavy atom. The minimum absolute atomic E-state index is 0.196. The molecule has 1 aliphatic rings. The van der Waals surface area contributed by atoms with Crippen LogP contribution in [0.25, 0.3) is 11.3 Å². The van der Waals surface area contributed by atoms with Gasteiger partial charge in [-0.05, 0) is 12.5 Å². The van der Waals surface area contributed by atoms with Gasteiger partial charge in [0.1, 0.15) is 17.5 Å². The summed E-state index contributed by atoms with van der Waals surface area (Å²) in [4.78, 5) is 35.2. The molecule has 0 saturated carbocycles. The Morgan fingerprint density at radius 2 is 1.92 bits per heavy atom. The number of aryl methyl sites for hydroxylation is 1. The molecule has 10 nitrogen and oxygen atoms in total. The van der Waals surface area contributed by atoms with Crippen LogP contribution in [-0.2, 0) is 28.4 Å². The first kappa shape index (κ1) is 25.5. The first-order chi connectivity index (χ1) is 17.2. The Labute approximate surface area is 207 Å². The fraction of sp³-hybridized carbons (Fsp3) is 0.417. The van der Waals surface area contributed by atoms with Gasteiger partial charge < -0.3 is 15.4 Å². The molecule has 1 aliphatic heterocycles. The minimum Gasteiger partial charge on any atom is -0.379 e. The second-order valence-electron chi connectivity index (χ2n) is 8.48. The van der Waals surface area contributed by atoms with Crippen LogP contribution < -0.4 is 10.6 Å². The summed E-state index contributed by atoms with van der Waals surface area (Å²) in [6, 6.07) is 4.96. The van der Waals surface area contributed by atoms with Crippen LogP contribution >= 0.6 is 0 Å². The number of rotatable bonds is 8. The number of hydrogen-bond donors (Lipinski definition) is 2. The van der Waals surface area contributed by atoms with Gasteiger partial charge in [-0.15, -0.1) is 0 Å². The molecule has 0 radical (unpaired) electrons. The van der Waals surface area contributed by atoms with E-state index in [-0.39, 0.29) is 11.7 Å². The van der Waals surface area contributed by atoms with Crippen molar-refractivity contribution in [3.63, 3.8) is 0 Å². The van der Waals surface area contributed by atoms with Crippen LogP contribution in [0.15, 0.2) is 30.6 Å². The number of pyridine rings is 1. The molecule has 0 aliphatic carbocycles. The number of ether oxygens (including phenoxy) is 1. The maximum absolute atomic E-state index is 14.0. The van der Waals surface area contributed by atoms with Gasteiger partial charge in [-0.3, -0.25) is 9.69 Å². The van der Waals surface area contributed by atoms with Gasteiger partial charge in [0.15, 0.2) is 0 Å². The van der Waals surface area contributed by atoms with E-state index < -0.39 is 11.7 Å². The smallest absolute Gasteiger partial charge is 0.303 e. The molecule has 1 saturated heterocycles. The molecule has 3 aromatic rings. The Hall–Kier alpha value is -3.64. The molecule has 3 aromatic heterocycles. The number of morpholine rings is 1. The van der Waals surface area contributed by atoms with Crippen molar-refractivity contribution in [3.05, 3.63) is 47.9 Å². The van der Waals surface area contributed by atoms with Gasteiger partial charge in [-0.2, -0.15) is 8.78 Å². The van der Waals surface area contributed by atoms with E-state index in [2.05, 4.69) is 35.5 Å². The quantitative estimate of drug-likeness (QED) is 0.481. The number of carbonyl (C=O) groups is 1. The molecule has 12 heteroatoms. The molecule has 4 rings (SSSR count). The third-order valence-electron chi connectivity index (χ3n) is 5.46. The molecule has 190 valence electrons. The summed E-state index contributed by atoms with van der Waals surface area (Å²) in [5, 5.41) is 5.75. The summed E-state index contributed by atoms with van der Waals surface area (Å²) in [6.07, 6.45) is 3.68. The van der Waals surface area contributed by atoms with Gasteiger partial charge in [0, 0.05) is 62.7 Å². The number of amides is 1. The van der Waals surface area contributed by atoms with Crippen molar-refractivity contribution in [2.24, 2.45) is 0 Å². The lowest BCUT2D eigenvalue weighted by Gasteiger charge is -2.25. The van der Waals surface area contributed by atoms with Gasteiger partial charge in [0.25, 0.3) is 0 Å². The number of halogens is 2. The van der Waals surface area contributed by atoms with E-state index in [4.69, 9.17) is 9.72 Å². The van der Waals surface area contributed by atoms with Crippen molar-refractivity contribution < 1.29 is 18.3 Å². The van der Waals surface area contributed by atoms with Crippen molar-refractivity contribution in [3.8, 4) is 11.3 Å². The first-order valence-corrected chi connectivity index (χ1v) is 11.6. The Kier molecular flexibility index (Phi) is 7.75. The molecule has 1 amide bonds. The summed E-state index contributed by atoms with van der Waals surface area (Å²) < 4.78 is 33.5. The lowest BCUT2D eigenvalue weighted by Crippen LogP contribution is -2.36. The largest absolute Gasteiger partial charge is 0.379 e. The third-order valence-corrected chi connectivity index (χ3v) is 5.46. The normalized spacial score (nSPS) is 14.5. The van der Waals surface area contributed by atoms with Crippen LogP contribution in [-0.4, -0.2) is 62.0 Å². The highest BCUT2D eigenvalue weighted by Crippen LogP contribution is 2.32. The molecule has 1 fully saturated rings. The number of alkyl halides is 2. The van der Waals surface area contributed by atoms with Crippen molar-refractivity contribution in [1.82, 2.24) is 29.8 Å². The zero-order valence-electron chi connectivity index (χ0n) is 20.4. The Morgan fingerprint density at radius 3 is 2.61 bits per heavy atom. The number of anilines is 3. The van der Waals surface area contributed by atoms with Crippen LogP contribution in [0.2, 0.25) is 0 Å². The molecule has 0 atom stereocenters. The van der Waals surface area contributed by atoms with Crippen molar-refractivity contribution in [1.29, 1.82) is 0 Å². The second kappa shape index (κ2) is 11.0. The second-order valence-corrected chi connectivity index (χ2v) is 8.48. The average molecular weight is 499 g/mol. The molecule has 0 unspecified atom stereocenters. The van der Waals surface area contributed by atoms with Gasteiger partial charge in [0.05, 0.1) is 31.1 Å². The standard InChI is InChI=1S/C24H28F2N8O2/c1-4-16-11-21(33-23(30-16)24(3,25)26)32-19-12-20(29-15(2)35)28-13-17(19)18-5-6-27-22(31-18)14-34-7-9-36-10-8-34/h5-6,11-13H,4,7-10,14H2,1-3H3,(H2,28,29,30,32,33,35). The van der Waals surface area contributed by atoms with E-state index in [0.717, 1.165) is 20.0 Å². The molecule has 36 heavy (non-hydrogen) atoms. The van der Waals surface area contributed by atoms with Crippen LogP contribution in [0.4, 0.5) is 26.1 Å². The Bertz CT molecular complexity index is 1230. The highest BCUT2D eigenvalue weighted by atomic mass is 19.3. The predicted octanol–water partition coefficient (Wildman–Crippen LogP) is 3.54. The number of carbonyl (C=O) groups excluding carboxylic acids is 1. The van der Waals surface area contributed by atoms with Gasteiger partial charge in [-0.1, -0.05) is 6.92 Å². The number of hydrogen-bond acceptors (Lipinski definition) is 9. The molecule has 0 spiro atoms. The van der Waals surface area contributed by atoms with Crippen molar-refractivity contribution in [2.45, 2.75) is 39.7 Å².